The fourth-order valence-electron chi connectivity index (χ4n) is 2.14. The van der Waals surface area contributed by atoms with Gasteiger partial charge in [0.2, 0.25) is 0 Å². The summed E-state index contributed by atoms with van der Waals surface area (Å²) in [6.45, 7) is 8.40. The summed E-state index contributed by atoms with van der Waals surface area (Å²) in [6, 6.07) is 0.128. The van der Waals surface area contributed by atoms with Crippen molar-refractivity contribution in [3.05, 3.63) is 0 Å². The topological polar surface area (TPSA) is 29.5 Å². The first-order valence-corrected chi connectivity index (χ1v) is 6.31. The minimum absolute atomic E-state index is 0.0859. The number of hydrogen-bond donors (Lipinski definition) is 0. The number of piperidine rings is 1. The molecule has 1 aliphatic rings. The molecule has 2 atom stereocenters. The molecular formula is C14H23NO2. The first-order valence-electron chi connectivity index (χ1n) is 6.31. The molecule has 0 aromatic heterocycles. The number of carbonyl (C=O) groups is 1. The monoisotopic (exact) mass is 237 g/mol. The largest absolute Gasteiger partial charge is 0.444 e. The second-order valence-corrected chi connectivity index (χ2v) is 5.69. The molecule has 0 aliphatic carbocycles. The zero-order chi connectivity index (χ0) is 13.1. The van der Waals surface area contributed by atoms with Crippen LogP contribution in [0.15, 0.2) is 0 Å². The lowest BCUT2D eigenvalue weighted by Gasteiger charge is -2.38. The lowest BCUT2D eigenvalue weighted by atomic mass is 9.92. The third-order valence-electron chi connectivity index (χ3n) is 3.02. The number of ether oxygens (including phenoxy) is 1. The summed E-state index contributed by atoms with van der Waals surface area (Å²) in [5.41, 5.74) is -0.446. The summed E-state index contributed by atoms with van der Waals surface area (Å²) in [4.78, 5) is 13.9. The van der Waals surface area contributed by atoms with Gasteiger partial charge in [-0.3, -0.25) is 0 Å². The van der Waals surface area contributed by atoms with Gasteiger partial charge >= 0.3 is 6.09 Å². The maximum Gasteiger partial charge on any atom is 0.410 e. The third-order valence-corrected chi connectivity index (χ3v) is 3.02. The Morgan fingerprint density at radius 1 is 1.47 bits per heavy atom. The molecule has 0 aromatic rings. The maximum absolute atomic E-state index is 12.1. The van der Waals surface area contributed by atoms with Gasteiger partial charge in [0.15, 0.2) is 0 Å². The summed E-state index contributed by atoms with van der Waals surface area (Å²) in [7, 11) is 0. The van der Waals surface area contributed by atoms with Crippen molar-refractivity contribution < 1.29 is 9.53 Å². The van der Waals surface area contributed by atoms with E-state index in [1.807, 2.05) is 27.7 Å². The molecule has 1 fully saturated rings. The zero-order valence-corrected chi connectivity index (χ0v) is 11.3. The average molecular weight is 237 g/mol. The number of carbonyl (C=O) groups excluding carboxylic acids is 1. The Balaban J connectivity index is 2.72. The first-order chi connectivity index (χ1) is 7.85. The van der Waals surface area contributed by atoms with Gasteiger partial charge in [-0.2, -0.15) is 0 Å². The van der Waals surface area contributed by atoms with Gasteiger partial charge in [0.1, 0.15) is 5.60 Å². The molecule has 3 heteroatoms. The van der Waals surface area contributed by atoms with Crippen molar-refractivity contribution in [3.8, 4) is 12.3 Å². The fraction of sp³-hybridized carbons (Fsp3) is 0.786. The summed E-state index contributed by atoms with van der Waals surface area (Å²) < 4.78 is 5.42. The smallest absolute Gasteiger partial charge is 0.410 e. The lowest BCUT2D eigenvalue weighted by Crippen LogP contribution is -2.48. The Hall–Kier alpha value is -1.17. The number of terminal acetylenes is 1. The van der Waals surface area contributed by atoms with E-state index < -0.39 is 5.60 Å². The molecule has 1 saturated heterocycles. The van der Waals surface area contributed by atoms with Crippen LogP contribution in [0.4, 0.5) is 4.79 Å². The molecule has 1 amide bonds. The highest BCUT2D eigenvalue weighted by Gasteiger charge is 2.32. The van der Waals surface area contributed by atoms with Crippen LogP contribution in [0.1, 0.15) is 47.0 Å². The summed E-state index contributed by atoms with van der Waals surface area (Å²) in [5.74, 6) is 2.82. The molecule has 0 bridgehead atoms. The standard InChI is InChI=1S/C14H23NO2/c1-6-11(2)12-9-7-8-10-15(12)13(16)17-14(3,4)5/h1,11-12H,7-10H2,2-5H3. The van der Waals surface area contributed by atoms with Crippen LogP contribution in [0.5, 0.6) is 0 Å². The van der Waals surface area contributed by atoms with Crippen LogP contribution >= 0.6 is 0 Å². The van der Waals surface area contributed by atoms with E-state index >= 15 is 0 Å². The van der Waals surface area contributed by atoms with Crippen molar-refractivity contribution in [2.75, 3.05) is 6.54 Å². The molecule has 0 saturated carbocycles. The molecule has 17 heavy (non-hydrogen) atoms. The molecule has 1 rings (SSSR count). The van der Waals surface area contributed by atoms with E-state index in [2.05, 4.69) is 5.92 Å². The van der Waals surface area contributed by atoms with Crippen LogP contribution in [-0.4, -0.2) is 29.2 Å². The van der Waals surface area contributed by atoms with Crippen molar-refractivity contribution in [3.63, 3.8) is 0 Å². The maximum atomic E-state index is 12.1. The van der Waals surface area contributed by atoms with E-state index in [0.717, 1.165) is 25.8 Å². The van der Waals surface area contributed by atoms with Gasteiger partial charge in [0, 0.05) is 18.5 Å². The Kier molecular flexibility index (Phi) is 4.45. The fourth-order valence-corrected chi connectivity index (χ4v) is 2.14. The normalized spacial score (nSPS) is 22.8. The molecular weight excluding hydrogens is 214 g/mol. The molecule has 0 radical (unpaired) electrons. The van der Waals surface area contributed by atoms with E-state index in [4.69, 9.17) is 11.2 Å². The van der Waals surface area contributed by atoms with Crippen molar-refractivity contribution in [1.29, 1.82) is 0 Å². The Morgan fingerprint density at radius 3 is 2.65 bits per heavy atom. The van der Waals surface area contributed by atoms with E-state index in [-0.39, 0.29) is 18.1 Å². The van der Waals surface area contributed by atoms with E-state index in [9.17, 15) is 4.79 Å². The number of rotatable bonds is 1. The molecule has 3 nitrogen and oxygen atoms in total. The van der Waals surface area contributed by atoms with Crippen molar-refractivity contribution in [2.24, 2.45) is 5.92 Å². The molecule has 96 valence electrons. The second kappa shape index (κ2) is 5.44. The number of amides is 1. The summed E-state index contributed by atoms with van der Waals surface area (Å²) >= 11 is 0. The molecule has 0 N–H and O–H groups in total. The van der Waals surface area contributed by atoms with Crippen LogP contribution in [0.3, 0.4) is 0 Å². The van der Waals surface area contributed by atoms with Gasteiger partial charge < -0.3 is 9.64 Å². The zero-order valence-electron chi connectivity index (χ0n) is 11.3. The third kappa shape index (κ3) is 3.96. The Morgan fingerprint density at radius 2 is 2.12 bits per heavy atom. The van der Waals surface area contributed by atoms with Gasteiger partial charge in [-0.25, -0.2) is 4.79 Å². The summed E-state index contributed by atoms with van der Waals surface area (Å²) in [5, 5.41) is 0. The van der Waals surface area contributed by atoms with Gasteiger partial charge in [0.05, 0.1) is 0 Å². The summed E-state index contributed by atoms with van der Waals surface area (Å²) in [6.07, 6.45) is 8.38. The predicted octanol–water partition coefficient (Wildman–Crippen LogP) is 3.05. The van der Waals surface area contributed by atoms with E-state index in [1.54, 1.807) is 4.90 Å². The second-order valence-electron chi connectivity index (χ2n) is 5.69. The van der Waals surface area contributed by atoms with E-state index in [1.165, 1.54) is 0 Å². The number of hydrogen-bond acceptors (Lipinski definition) is 2. The van der Waals surface area contributed by atoms with Gasteiger partial charge in [0.25, 0.3) is 0 Å². The number of nitrogens with zero attached hydrogens (tertiary/aromatic N) is 1. The van der Waals surface area contributed by atoms with Gasteiger partial charge in [-0.15, -0.1) is 12.3 Å². The first kappa shape index (κ1) is 13.9. The van der Waals surface area contributed by atoms with E-state index in [0.29, 0.717) is 0 Å². The Bertz CT molecular complexity index is 311. The van der Waals surface area contributed by atoms with Crippen molar-refractivity contribution in [2.45, 2.75) is 58.6 Å². The molecule has 0 spiro atoms. The van der Waals surface area contributed by atoms with Gasteiger partial charge in [-0.1, -0.05) is 0 Å². The minimum Gasteiger partial charge on any atom is -0.444 e. The van der Waals surface area contributed by atoms with Crippen molar-refractivity contribution >= 4 is 6.09 Å². The predicted molar refractivity (Wildman–Crippen MR) is 68.6 cm³/mol. The lowest BCUT2D eigenvalue weighted by molar-refractivity contribution is 0.00591. The van der Waals surface area contributed by atoms with Gasteiger partial charge in [-0.05, 0) is 47.0 Å². The molecule has 1 aliphatic heterocycles. The van der Waals surface area contributed by atoms with Crippen LogP contribution in [-0.2, 0) is 4.74 Å². The minimum atomic E-state index is -0.446. The highest BCUT2D eigenvalue weighted by atomic mass is 16.6. The highest BCUT2D eigenvalue weighted by molar-refractivity contribution is 5.68. The van der Waals surface area contributed by atoms with Crippen molar-refractivity contribution in [1.82, 2.24) is 4.90 Å². The SMILES string of the molecule is C#CC(C)C1CCCCN1C(=O)OC(C)(C)C. The average Bonchev–Trinajstić information content (AvgIpc) is 2.25. The molecule has 1 heterocycles. The molecule has 2 unspecified atom stereocenters. The van der Waals surface area contributed by atoms with Crippen LogP contribution in [0.25, 0.3) is 0 Å². The quantitative estimate of drug-likeness (QED) is 0.656. The van der Waals surface area contributed by atoms with Crippen LogP contribution in [0, 0.1) is 18.3 Å². The Labute approximate surface area is 105 Å². The molecule has 0 aromatic carbocycles. The highest BCUT2D eigenvalue weighted by Crippen LogP contribution is 2.25. The van der Waals surface area contributed by atoms with Crippen LogP contribution < -0.4 is 0 Å². The van der Waals surface area contributed by atoms with Crippen LogP contribution in [0.2, 0.25) is 0 Å². The number of likely N-dealkylation sites (tertiary alicyclic amines) is 1.